The summed E-state index contributed by atoms with van der Waals surface area (Å²) in [5, 5.41) is 0. The topological polar surface area (TPSA) is 24.3 Å². The van der Waals surface area contributed by atoms with Crippen molar-refractivity contribution in [1.82, 2.24) is 19.4 Å². The van der Waals surface area contributed by atoms with E-state index in [1.54, 1.807) is 12.5 Å². The molecule has 1 aromatic heterocycles. The van der Waals surface area contributed by atoms with E-state index in [2.05, 4.69) is 28.8 Å². The second-order valence-corrected chi connectivity index (χ2v) is 4.73. The van der Waals surface area contributed by atoms with Crippen LogP contribution in [-0.4, -0.2) is 59.1 Å². The number of imidazole rings is 1. The molecule has 1 aromatic rings. The number of nitrogens with zero attached hydrogens (tertiary/aromatic N) is 4. The van der Waals surface area contributed by atoms with Crippen LogP contribution in [0.1, 0.15) is 33.6 Å². The summed E-state index contributed by atoms with van der Waals surface area (Å²) in [6.07, 6.45) is 8.08. The predicted octanol–water partition coefficient (Wildman–Crippen LogP) is 2.48. The van der Waals surface area contributed by atoms with Crippen LogP contribution in [0.25, 0.3) is 0 Å². The molecule has 0 amide bonds. The summed E-state index contributed by atoms with van der Waals surface area (Å²) < 4.78 is 1.89. The zero-order valence-electron chi connectivity index (χ0n) is 13.5. The fourth-order valence-corrected chi connectivity index (χ4v) is 1.78. The van der Waals surface area contributed by atoms with Gasteiger partial charge in [-0.1, -0.05) is 27.2 Å². The molecular weight excluding hydrogens is 236 g/mol. The zero-order chi connectivity index (χ0) is 14.5. The number of aromatic nitrogens is 2. The van der Waals surface area contributed by atoms with Crippen molar-refractivity contribution in [2.24, 2.45) is 7.05 Å². The van der Waals surface area contributed by atoms with E-state index in [-0.39, 0.29) is 0 Å². The molecule has 19 heavy (non-hydrogen) atoms. The maximum Gasteiger partial charge on any atom is 0.0943 e. The van der Waals surface area contributed by atoms with Crippen molar-refractivity contribution >= 4 is 0 Å². The summed E-state index contributed by atoms with van der Waals surface area (Å²) in [4.78, 5) is 8.76. The van der Waals surface area contributed by atoms with Crippen molar-refractivity contribution in [2.75, 3.05) is 39.8 Å². The smallest absolute Gasteiger partial charge is 0.0943 e. The van der Waals surface area contributed by atoms with Gasteiger partial charge < -0.3 is 14.4 Å². The molecule has 0 saturated carbocycles. The molecule has 0 unspecified atom stereocenters. The molecule has 0 aromatic carbocycles. The van der Waals surface area contributed by atoms with Crippen molar-refractivity contribution in [3.8, 4) is 0 Å². The molecule has 1 aliphatic rings. The van der Waals surface area contributed by atoms with E-state index in [0.717, 1.165) is 0 Å². The molecule has 0 spiro atoms. The third-order valence-electron chi connectivity index (χ3n) is 3.06. The van der Waals surface area contributed by atoms with E-state index in [9.17, 15) is 0 Å². The van der Waals surface area contributed by atoms with Crippen molar-refractivity contribution < 1.29 is 0 Å². The molecule has 0 atom stereocenters. The zero-order valence-corrected chi connectivity index (χ0v) is 13.5. The van der Waals surface area contributed by atoms with Gasteiger partial charge in [-0.2, -0.15) is 0 Å². The monoisotopic (exact) mass is 268 g/mol. The van der Waals surface area contributed by atoms with Gasteiger partial charge in [0.05, 0.1) is 6.33 Å². The summed E-state index contributed by atoms with van der Waals surface area (Å²) in [5.41, 5.74) is 0. The Morgan fingerprint density at radius 1 is 1.05 bits per heavy atom. The Balaban J connectivity index is 0.000000341. The van der Waals surface area contributed by atoms with Crippen molar-refractivity contribution in [3.63, 3.8) is 0 Å². The van der Waals surface area contributed by atoms with Gasteiger partial charge in [0.2, 0.25) is 0 Å². The second-order valence-electron chi connectivity index (χ2n) is 4.73. The third-order valence-corrected chi connectivity index (χ3v) is 3.06. The van der Waals surface area contributed by atoms with E-state index < -0.39 is 0 Å². The predicted molar refractivity (Wildman–Crippen MR) is 83.4 cm³/mol. The standard InChI is InChI=1S/C9H20N2.C4H6N2.C2H6/c1-3-4-5-11-8-6-10(2)7-9-11;1-6-3-2-5-4-6;1-2/h3-9H2,1-2H3;2-4H,1H3;1-2H3. The molecule has 4 nitrogen and oxygen atoms in total. The Labute approximate surface area is 119 Å². The normalized spacial score (nSPS) is 16.1. The van der Waals surface area contributed by atoms with Gasteiger partial charge in [-0.25, -0.2) is 4.98 Å². The SMILES string of the molecule is CC.CCCCN1CCN(C)CC1.Cn1ccnc1. The summed E-state index contributed by atoms with van der Waals surface area (Å²) in [7, 11) is 4.14. The van der Waals surface area contributed by atoms with Crippen molar-refractivity contribution in [1.29, 1.82) is 0 Å². The number of hydrogen-bond donors (Lipinski definition) is 0. The van der Waals surface area contributed by atoms with Crippen molar-refractivity contribution in [2.45, 2.75) is 33.6 Å². The second kappa shape index (κ2) is 12.2. The lowest BCUT2D eigenvalue weighted by atomic mass is 10.3. The van der Waals surface area contributed by atoms with Gasteiger partial charge in [0.15, 0.2) is 0 Å². The van der Waals surface area contributed by atoms with Crippen LogP contribution in [0.5, 0.6) is 0 Å². The Bertz CT molecular complexity index is 261. The summed E-state index contributed by atoms with van der Waals surface area (Å²) in [6, 6.07) is 0. The molecule has 0 radical (unpaired) electrons. The molecule has 1 fully saturated rings. The Hall–Kier alpha value is -0.870. The Kier molecular flexibility index (Phi) is 11.6. The number of rotatable bonds is 3. The fraction of sp³-hybridized carbons (Fsp3) is 0.800. The minimum Gasteiger partial charge on any atom is -0.341 e. The first kappa shape index (κ1) is 18.1. The van der Waals surface area contributed by atoms with Crippen molar-refractivity contribution in [3.05, 3.63) is 18.7 Å². The molecular formula is C15H32N4. The minimum absolute atomic E-state index is 1.25. The number of likely N-dealkylation sites (N-methyl/N-ethyl adjacent to an activating group) is 1. The number of hydrogen-bond acceptors (Lipinski definition) is 3. The van der Waals surface area contributed by atoms with Gasteiger partial charge in [0.25, 0.3) is 0 Å². The molecule has 4 heteroatoms. The van der Waals surface area contributed by atoms with Gasteiger partial charge in [-0.15, -0.1) is 0 Å². The van der Waals surface area contributed by atoms with Gasteiger partial charge in [-0.3, -0.25) is 0 Å². The van der Waals surface area contributed by atoms with Crippen LogP contribution in [-0.2, 0) is 7.05 Å². The van der Waals surface area contributed by atoms with Crippen LogP contribution < -0.4 is 0 Å². The highest BCUT2D eigenvalue weighted by atomic mass is 15.2. The molecule has 112 valence electrons. The Morgan fingerprint density at radius 2 is 1.68 bits per heavy atom. The highest BCUT2D eigenvalue weighted by molar-refractivity contribution is 4.70. The highest BCUT2D eigenvalue weighted by Crippen LogP contribution is 2.00. The van der Waals surface area contributed by atoms with Gasteiger partial charge in [0.1, 0.15) is 0 Å². The maximum atomic E-state index is 3.78. The lowest BCUT2D eigenvalue weighted by molar-refractivity contribution is 0.152. The lowest BCUT2D eigenvalue weighted by Gasteiger charge is -2.32. The first-order chi connectivity index (χ1) is 9.22. The van der Waals surface area contributed by atoms with Crippen LogP contribution in [0.4, 0.5) is 0 Å². The van der Waals surface area contributed by atoms with Crippen LogP contribution in [0.15, 0.2) is 18.7 Å². The van der Waals surface area contributed by atoms with E-state index >= 15 is 0 Å². The highest BCUT2D eigenvalue weighted by Gasteiger charge is 2.11. The molecule has 0 N–H and O–H groups in total. The molecule has 2 rings (SSSR count). The number of aryl methyl sites for hydroxylation is 1. The first-order valence-corrected chi connectivity index (χ1v) is 7.55. The Morgan fingerprint density at radius 3 is 2.05 bits per heavy atom. The molecule has 1 saturated heterocycles. The lowest BCUT2D eigenvalue weighted by Crippen LogP contribution is -2.44. The van der Waals surface area contributed by atoms with Crippen LogP contribution in [0.2, 0.25) is 0 Å². The van der Waals surface area contributed by atoms with Crippen LogP contribution in [0, 0.1) is 0 Å². The van der Waals surface area contributed by atoms with E-state index in [0.29, 0.717) is 0 Å². The third kappa shape index (κ3) is 9.68. The fourth-order valence-electron chi connectivity index (χ4n) is 1.78. The number of unbranched alkanes of at least 4 members (excludes halogenated alkanes) is 1. The van der Waals surface area contributed by atoms with Crippen LogP contribution >= 0.6 is 0 Å². The summed E-state index contributed by atoms with van der Waals surface area (Å²) >= 11 is 0. The molecule has 1 aliphatic heterocycles. The average molecular weight is 268 g/mol. The summed E-state index contributed by atoms with van der Waals surface area (Å²) in [6.45, 7) is 12.6. The van der Waals surface area contributed by atoms with E-state index in [1.165, 1.54) is 45.6 Å². The quantitative estimate of drug-likeness (QED) is 0.842. The maximum absolute atomic E-state index is 3.78. The minimum atomic E-state index is 1.25. The molecule has 0 bridgehead atoms. The first-order valence-electron chi connectivity index (χ1n) is 7.55. The summed E-state index contributed by atoms with van der Waals surface area (Å²) in [5.74, 6) is 0. The number of piperazine rings is 1. The van der Waals surface area contributed by atoms with E-state index in [4.69, 9.17) is 0 Å². The largest absolute Gasteiger partial charge is 0.341 e. The van der Waals surface area contributed by atoms with Crippen LogP contribution in [0.3, 0.4) is 0 Å². The molecule has 2 heterocycles. The van der Waals surface area contributed by atoms with Gasteiger partial charge in [-0.05, 0) is 20.0 Å². The van der Waals surface area contributed by atoms with E-state index in [1.807, 2.05) is 31.7 Å². The molecule has 0 aliphatic carbocycles. The van der Waals surface area contributed by atoms with Gasteiger partial charge in [0, 0.05) is 45.6 Å². The average Bonchev–Trinajstić information content (AvgIpc) is 2.92. The van der Waals surface area contributed by atoms with Gasteiger partial charge >= 0.3 is 0 Å².